The van der Waals surface area contributed by atoms with Crippen molar-refractivity contribution in [2.24, 2.45) is 0 Å². The molecular weight excluding hydrogens is 270 g/mol. The van der Waals surface area contributed by atoms with Crippen LogP contribution < -0.4 is 0 Å². The Morgan fingerprint density at radius 3 is 2.56 bits per heavy atom. The maximum absolute atomic E-state index is 12.3. The van der Waals surface area contributed by atoms with E-state index in [1.54, 1.807) is 6.07 Å². The first-order valence-corrected chi connectivity index (χ1v) is 6.46. The Morgan fingerprint density at radius 2 is 2.06 bits per heavy atom. The van der Waals surface area contributed by atoms with Gasteiger partial charge in [0.05, 0.1) is 11.8 Å². The molecule has 0 bridgehead atoms. The maximum Gasteiger partial charge on any atom is 0.258 e. The lowest BCUT2D eigenvalue weighted by Crippen LogP contribution is -2.47. The van der Waals surface area contributed by atoms with Gasteiger partial charge in [-0.3, -0.25) is 4.79 Å². The van der Waals surface area contributed by atoms with Crippen LogP contribution in [0.15, 0.2) is 21.4 Å². The number of furan rings is 1. The predicted molar refractivity (Wildman–Crippen MR) is 65.4 cm³/mol. The number of amides is 1. The number of nitrogens with zero attached hydrogens (tertiary/aromatic N) is 1. The molecule has 1 aromatic rings. The number of piperidine rings is 1. The second-order valence-electron chi connectivity index (χ2n) is 4.45. The van der Waals surface area contributed by atoms with Crippen LogP contribution in [-0.4, -0.2) is 22.9 Å². The Kier molecular flexibility index (Phi) is 3.38. The summed E-state index contributed by atoms with van der Waals surface area (Å²) in [6.07, 6.45) is 4.92. The lowest BCUT2D eigenvalue weighted by atomic mass is 9.97. The Balaban J connectivity index is 2.23. The average Bonchev–Trinajstić information content (AvgIpc) is 2.64. The number of halogens is 1. The zero-order valence-corrected chi connectivity index (χ0v) is 11.2. The van der Waals surface area contributed by atoms with Gasteiger partial charge in [0.15, 0.2) is 4.67 Å². The van der Waals surface area contributed by atoms with Gasteiger partial charge in [-0.15, -0.1) is 0 Å². The third kappa shape index (κ3) is 2.03. The molecule has 0 N–H and O–H groups in total. The summed E-state index contributed by atoms with van der Waals surface area (Å²) < 4.78 is 5.65. The monoisotopic (exact) mass is 285 g/mol. The molecule has 0 aliphatic carbocycles. The van der Waals surface area contributed by atoms with E-state index in [1.807, 2.05) is 4.90 Å². The second kappa shape index (κ2) is 4.62. The van der Waals surface area contributed by atoms with E-state index in [0.29, 0.717) is 22.3 Å². The zero-order chi connectivity index (χ0) is 11.7. The molecule has 16 heavy (non-hydrogen) atoms. The fourth-order valence-electron chi connectivity index (χ4n) is 2.41. The summed E-state index contributed by atoms with van der Waals surface area (Å²) in [5, 5.41) is 0. The molecule has 1 fully saturated rings. The Hall–Kier alpha value is -0.770. The zero-order valence-electron chi connectivity index (χ0n) is 9.57. The van der Waals surface area contributed by atoms with Crippen LogP contribution >= 0.6 is 15.9 Å². The summed E-state index contributed by atoms with van der Waals surface area (Å²) in [5.74, 6) is 0.0697. The van der Waals surface area contributed by atoms with E-state index in [1.165, 1.54) is 12.7 Å². The first kappa shape index (κ1) is 11.7. The van der Waals surface area contributed by atoms with Crippen molar-refractivity contribution in [3.05, 3.63) is 22.6 Å². The molecule has 1 amide bonds. The van der Waals surface area contributed by atoms with Crippen molar-refractivity contribution in [1.29, 1.82) is 0 Å². The number of rotatable bonds is 1. The third-order valence-corrected chi connectivity index (χ3v) is 3.89. The van der Waals surface area contributed by atoms with Gasteiger partial charge in [0.2, 0.25) is 0 Å². The largest absolute Gasteiger partial charge is 0.457 e. The van der Waals surface area contributed by atoms with Gasteiger partial charge >= 0.3 is 0 Å². The highest BCUT2D eigenvalue weighted by atomic mass is 79.9. The van der Waals surface area contributed by atoms with E-state index in [4.69, 9.17) is 4.42 Å². The molecule has 0 aromatic carbocycles. The van der Waals surface area contributed by atoms with Crippen LogP contribution in [0.3, 0.4) is 0 Å². The first-order chi connectivity index (χ1) is 7.61. The van der Waals surface area contributed by atoms with Crippen LogP contribution in [0.25, 0.3) is 0 Å². The van der Waals surface area contributed by atoms with Crippen molar-refractivity contribution >= 4 is 21.8 Å². The van der Waals surface area contributed by atoms with E-state index in [2.05, 4.69) is 29.8 Å². The number of likely N-dealkylation sites (tertiary alicyclic amines) is 1. The summed E-state index contributed by atoms with van der Waals surface area (Å²) in [7, 11) is 0. The van der Waals surface area contributed by atoms with Crippen molar-refractivity contribution in [3.8, 4) is 0 Å². The van der Waals surface area contributed by atoms with Gasteiger partial charge in [0, 0.05) is 12.1 Å². The highest BCUT2D eigenvalue weighted by Gasteiger charge is 2.31. The summed E-state index contributed by atoms with van der Waals surface area (Å²) in [5.41, 5.74) is 0.626. The number of carbonyl (C=O) groups excluding carboxylic acids is 1. The Morgan fingerprint density at radius 1 is 1.44 bits per heavy atom. The Labute approximate surface area is 104 Å². The molecule has 0 spiro atoms. The standard InChI is InChI=1S/C12H16BrNO2/c1-8-4-3-5-9(2)14(8)12(15)10-6-7-16-11(10)13/h6-9H,3-5H2,1-2H3/t8-,9+. The normalized spacial score (nSPS) is 25.8. The van der Waals surface area contributed by atoms with Crippen LogP contribution in [0, 0.1) is 0 Å². The fourth-order valence-corrected chi connectivity index (χ4v) is 2.82. The van der Waals surface area contributed by atoms with Gasteiger partial charge in [-0.1, -0.05) is 0 Å². The summed E-state index contributed by atoms with van der Waals surface area (Å²) in [6, 6.07) is 2.36. The molecule has 2 atom stereocenters. The molecule has 1 aliphatic rings. The third-order valence-electron chi connectivity index (χ3n) is 3.28. The number of carbonyl (C=O) groups is 1. The van der Waals surface area contributed by atoms with E-state index in [-0.39, 0.29) is 5.91 Å². The van der Waals surface area contributed by atoms with E-state index < -0.39 is 0 Å². The summed E-state index contributed by atoms with van der Waals surface area (Å²) in [6.45, 7) is 4.23. The fraction of sp³-hybridized carbons (Fsp3) is 0.583. The number of hydrogen-bond acceptors (Lipinski definition) is 2. The molecule has 2 heterocycles. The molecule has 3 nitrogen and oxygen atoms in total. The van der Waals surface area contributed by atoms with Crippen LogP contribution in [0.4, 0.5) is 0 Å². The van der Waals surface area contributed by atoms with Crippen LogP contribution in [0.1, 0.15) is 43.5 Å². The molecular formula is C12H16BrNO2. The van der Waals surface area contributed by atoms with E-state index in [9.17, 15) is 4.79 Å². The van der Waals surface area contributed by atoms with Crippen LogP contribution in [0.2, 0.25) is 0 Å². The molecule has 88 valence electrons. The highest BCUT2D eigenvalue weighted by molar-refractivity contribution is 9.10. The van der Waals surface area contributed by atoms with Crippen molar-refractivity contribution in [3.63, 3.8) is 0 Å². The minimum atomic E-state index is 0.0697. The topological polar surface area (TPSA) is 33.5 Å². The molecule has 1 saturated heterocycles. The van der Waals surface area contributed by atoms with Gasteiger partial charge < -0.3 is 9.32 Å². The summed E-state index contributed by atoms with van der Waals surface area (Å²) >= 11 is 3.26. The van der Waals surface area contributed by atoms with Crippen LogP contribution in [0.5, 0.6) is 0 Å². The Bertz CT molecular complexity index is 378. The van der Waals surface area contributed by atoms with Gasteiger partial charge in [-0.25, -0.2) is 0 Å². The maximum atomic E-state index is 12.3. The molecule has 1 aromatic heterocycles. The smallest absolute Gasteiger partial charge is 0.258 e. The van der Waals surface area contributed by atoms with Gasteiger partial charge in [0.1, 0.15) is 0 Å². The van der Waals surface area contributed by atoms with Crippen molar-refractivity contribution in [2.75, 3.05) is 0 Å². The quantitative estimate of drug-likeness (QED) is 0.792. The lowest BCUT2D eigenvalue weighted by Gasteiger charge is -2.38. The van der Waals surface area contributed by atoms with Gasteiger partial charge in [-0.05, 0) is 55.1 Å². The van der Waals surface area contributed by atoms with Crippen molar-refractivity contribution < 1.29 is 9.21 Å². The highest BCUT2D eigenvalue weighted by Crippen LogP contribution is 2.27. The molecule has 0 saturated carbocycles. The first-order valence-electron chi connectivity index (χ1n) is 5.67. The molecule has 0 radical (unpaired) electrons. The van der Waals surface area contributed by atoms with Crippen LogP contribution in [-0.2, 0) is 0 Å². The van der Waals surface area contributed by atoms with Crippen molar-refractivity contribution in [2.45, 2.75) is 45.2 Å². The van der Waals surface area contributed by atoms with Gasteiger partial charge in [0.25, 0.3) is 5.91 Å². The van der Waals surface area contributed by atoms with Gasteiger partial charge in [-0.2, -0.15) is 0 Å². The second-order valence-corrected chi connectivity index (χ2v) is 5.17. The lowest BCUT2D eigenvalue weighted by molar-refractivity contribution is 0.0509. The summed E-state index contributed by atoms with van der Waals surface area (Å²) in [4.78, 5) is 14.3. The minimum Gasteiger partial charge on any atom is -0.457 e. The minimum absolute atomic E-state index is 0.0697. The molecule has 1 aliphatic heterocycles. The number of hydrogen-bond donors (Lipinski definition) is 0. The van der Waals surface area contributed by atoms with Crippen molar-refractivity contribution in [1.82, 2.24) is 4.90 Å². The van der Waals surface area contributed by atoms with E-state index >= 15 is 0 Å². The average molecular weight is 286 g/mol. The SMILES string of the molecule is C[C@@H]1CCC[C@H](C)N1C(=O)c1ccoc1Br. The molecule has 0 unspecified atom stereocenters. The molecule has 2 rings (SSSR count). The molecule has 4 heteroatoms. The predicted octanol–water partition coefficient (Wildman–Crippen LogP) is 3.45. The van der Waals surface area contributed by atoms with E-state index in [0.717, 1.165) is 12.8 Å².